The number of thiophene rings is 1. The van der Waals surface area contributed by atoms with Gasteiger partial charge in [-0.3, -0.25) is 4.90 Å². The average Bonchev–Trinajstić information content (AvgIpc) is 3.09. The van der Waals surface area contributed by atoms with E-state index in [2.05, 4.69) is 37.8 Å². The zero-order chi connectivity index (χ0) is 13.1. The van der Waals surface area contributed by atoms with Gasteiger partial charge in [0.2, 0.25) is 0 Å². The van der Waals surface area contributed by atoms with Crippen LogP contribution in [0, 0.1) is 12.8 Å². The normalized spacial score (nSPS) is 19.2. The molecule has 1 aromatic heterocycles. The van der Waals surface area contributed by atoms with Crippen LogP contribution < -0.4 is 5.73 Å². The van der Waals surface area contributed by atoms with Crippen molar-refractivity contribution in [3.63, 3.8) is 0 Å². The smallest absolute Gasteiger partial charge is 0.0593 e. The Morgan fingerprint density at radius 1 is 1.39 bits per heavy atom. The van der Waals surface area contributed by atoms with Crippen molar-refractivity contribution >= 4 is 11.3 Å². The third-order valence-electron chi connectivity index (χ3n) is 3.92. The molecule has 0 amide bonds. The number of hydrogen-bond donors (Lipinski definition) is 1. The highest BCUT2D eigenvalue weighted by Gasteiger charge is 2.31. The molecule has 2 nitrogen and oxygen atoms in total. The third-order valence-corrected chi connectivity index (χ3v) is 4.99. The van der Waals surface area contributed by atoms with Crippen molar-refractivity contribution in [3.8, 4) is 0 Å². The molecule has 0 spiro atoms. The lowest BCUT2D eigenvalue weighted by molar-refractivity contribution is 0.173. The van der Waals surface area contributed by atoms with E-state index >= 15 is 0 Å². The quantitative estimate of drug-likeness (QED) is 0.817. The molecule has 2 unspecified atom stereocenters. The molecule has 1 fully saturated rings. The molecular weight excluding hydrogens is 240 g/mol. The SMILES string of the molecule is CCC(N)C(c1ccc(C)s1)N(CC)CC1CC1. The largest absolute Gasteiger partial charge is 0.326 e. The Balaban J connectivity index is 2.16. The van der Waals surface area contributed by atoms with Gasteiger partial charge < -0.3 is 5.73 Å². The van der Waals surface area contributed by atoms with Crippen LogP contribution in [0.4, 0.5) is 0 Å². The Morgan fingerprint density at radius 3 is 2.56 bits per heavy atom. The first-order valence-electron chi connectivity index (χ1n) is 7.21. The molecule has 0 aromatic carbocycles. The lowest BCUT2D eigenvalue weighted by atomic mass is 10.0. The number of rotatable bonds is 7. The number of nitrogens with zero attached hydrogens (tertiary/aromatic N) is 1. The van der Waals surface area contributed by atoms with Crippen LogP contribution in [0.3, 0.4) is 0 Å². The summed E-state index contributed by atoms with van der Waals surface area (Å²) in [5.74, 6) is 0.928. The molecule has 1 aliphatic rings. The Labute approximate surface area is 115 Å². The van der Waals surface area contributed by atoms with E-state index in [0.717, 1.165) is 18.9 Å². The molecule has 2 rings (SSSR count). The van der Waals surface area contributed by atoms with Crippen LogP contribution in [0.15, 0.2) is 12.1 Å². The highest BCUT2D eigenvalue weighted by molar-refractivity contribution is 7.12. The molecule has 0 bridgehead atoms. The molecule has 1 aliphatic carbocycles. The first-order valence-corrected chi connectivity index (χ1v) is 8.03. The van der Waals surface area contributed by atoms with Gasteiger partial charge in [0.05, 0.1) is 6.04 Å². The molecule has 1 heterocycles. The Hall–Kier alpha value is -0.380. The van der Waals surface area contributed by atoms with Gasteiger partial charge in [0.25, 0.3) is 0 Å². The van der Waals surface area contributed by atoms with E-state index in [1.807, 2.05) is 11.3 Å². The second kappa shape index (κ2) is 6.18. The minimum absolute atomic E-state index is 0.252. The fourth-order valence-corrected chi connectivity index (χ4v) is 3.66. The van der Waals surface area contributed by atoms with Gasteiger partial charge in [-0.05, 0) is 50.8 Å². The van der Waals surface area contributed by atoms with Crippen LogP contribution in [-0.4, -0.2) is 24.0 Å². The third kappa shape index (κ3) is 3.34. The summed E-state index contributed by atoms with van der Waals surface area (Å²) in [6, 6.07) is 5.16. The van der Waals surface area contributed by atoms with Crippen LogP contribution in [0.5, 0.6) is 0 Å². The van der Waals surface area contributed by atoms with Crippen LogP contribution in [0.1, 0.15) is 48.9 Å². The zero-order valence-electron chi connectivity index (χ0n) is 11.9. The van der Waals surface area contributed by atoms with E-state index in [9.17, 15) is 0 Å². The lowest BCUT2D eigenvalue weighted by Gasteiger charge is -2.34. The summed E-state index contributed by atoms with van der Waals surface area (Å²) in [5.41, 5.74) is 6.40. The molecule has 18 heavy (non-hydrogen) atoms. The molecule has 2 N–H and O–H groups in total. The van der Waals surface area contributed by atoms with Gasteiger partial charge in [-0.25, -0.2) is 0 Å². The van der Waals surface area contributed by atoms with Crippen molar-refractivity contribution in [1.29, 1.82) is 0 Å². The van der Waals surface area contributed by atoms with Crippen molar-refractivity contribution in [2.45, 2.75) is 52.1 Å². The number of hydrogen-bond acceptors (Lipinski definition) is 3. The maximum atomic E-state index is 6.40. The van der Waals surface area contributed by atoms with Gasteiger partial charge in [0.15, 0.2) is 0 Å². The van der Waals surface area contributed by atoms with Gasteiger partial charge in [0, 0.05) is 22.3 Å². The number of aryl methyl sites for hydroxylation is 1. The molecule has 0 saturated heterocycles. The molecule has 1 saturated carbocycles. The fourth-order valence-electron chi connectivity index (χ4n) is 2.57. The maximum Gasteiger partial charge on any atom is 0.0593 e. The molecule has 3 heteroatoms. The van der Waals surface area contributed by atoms with Crippen molar-refractivity contribution in [1.82, 2.24) is 4.90 Å². The van der Waals surface area contributed by atoms with Gasteiger partial charge in [0.1, 0.15) is 0 Å². The lowest BCUT2D eigenvalue weighted by Crippen LogP contribution is -2.41. The standard InChI is InChI=1S/C15H26N2S/c1-4-13(16)15(14-9-6-11(3)18-14)17(5-2)10-12-7-8-12/h6,9,12-13,15H,4-5,7-8,10,16H2,1-3H3. The monoisotopic (exact) mass is 266 g/mol. The van der Waals surface area contributed by atoms with Crippen LogP contribution in [0.2, 0.25) is 0 Å². The molecule has 1 aromatic rings. The van der Waals surface area contributed by atoms with Crippen molar-refractivity contribution in [2.75, 3.05) is 13.1 Å². The van der Waals surface area contributed by atoms with E-state index in [-0.39, 0.29) is 6.04 Å². The molecule has 102 valence electrons. The second-order valence-corrected chi connectivity index (χ2v) is 6.82. The van der Waals surface area contributed by atoms with Gasteiger partial charge in [-0.1, -0.05) is 13.8 Å². The topological polar surface area (TPSA) is 29.3 Å². The Bertz CT molecular complexity index is 370. The minimum atomic E-state index is 0.252. The van der Waals surface area contributed by atoms with Gasteiger partial charge in [-0.2, -0.15) is 0 Å². The Morgan fingerprint density at radius 2 is 2.11 bits per heavy atom. The van der Waals surface area contributed by atoms with Gasteiger partial charge >= 0.3 is 0 Å². The summed E-state index contributed by atoms with van der Waals surface area (Å²) >= 11 is 1.91. The minimum Gasteiger partial charge on any atom is -0.326 e. The number of likely N-dealkylation sites (N-methyl/N-ethyl adjacent to an activating group) is 1. The molecule has 0 aliphatic heterocycles. The van der Waals surface area contributed by atoms with E-state index in [4.69, 9.17) is 5.73 Å². The van der Waals surface area contributed by atoms with Crippen molar-refractivity contribution < 1.29 is 0 Å². The second-order valence-electron chi connectivity index (χ2n) is 5.50. The van der Waals surface area contributed by atoms with Crippen molar-refractivity contribution in [3.05, 3.63) is 21.9 Å². The summed E-state index contributed by atoms with van der Waals surface area (Å²) in [7, 11) is 0. The molecule has 2 atom stereocenters. The zero-order valence-corrected chi connectivity index (χ0v) is 12.7. The van der Waals surface area contributed by atoms with E-state index in [0.29, 0.717) is 6.04 Å². The highest BCUT2D eigenvalue weighted by atomic mass is 32.1. The van der Waals surface area contributed by atoms with Crippen LogP contribution in [-0.2, 0) is 0 Å². The predicted octanol–water partition coefficient (Wildman–Crippen LogP) is 3.57. The summed E-state index contributed by atoms with van der Waals surface area (Å²) in [6.07, 6.45) is 3.87. The fraction of sp³-hybridized carbons (Fsp3) is 0.733. The summed E-state index contributed by atoms with van der Waals surface area (Å²) in [6.45, 7) is 8.97. The predicted molar refractivity (Wildman–Crippen MR) is 80.0 cm³/mol. The Kier molecular flexibility index (Phi) is 4.82. The maximum absolute atomic E-state index is 6.40. The first-order chi connectivity index (χ1) is 8.65. The van der Waals surface area contributed by atoms with Crippen LogP contribution >= 0.6 is 11.3 Å². The summed E-state index contributed by atoms with van der Waals surface area (Å²) in [5, 5.41) is 0. The molecular formula is C15H26N2S. The first kappa shape index (κ1) is 14.0. The van der Waals surface area contributed by atoms with E-state index in [1.165, 1.54) is 29.1 Å². The highest BCUT2D eigenvalue weighted by Crippen LogP contribution is 2.35. The molecule has 0 radical (unpaired) electrons. The van der Waals surface area contributed by atoms with Crippen LogP contribution in [0.25, 0.3) is 0 Å². The van der Waals surface area contributed by atoms with E-state index in [1.54, 1.807) is 0 Å². The average molecular weight is 266 g/mol. The summed E-state index contributed by atoms with van der Waals surface area (Å²) in [4.78, 5) is 5.43. The van der Waals surface area contributed by atoms with Gasteiger partial charge in [-0.15, -0.1) is 11.3 Å². The summed E-state index contributed by atoms with van der Waals surface area (Å²) < 4.78 is 0. The van der Waals surface area contributed by atoms with E-state index < -0.39 is 0 Å². The number of nitrogens with two attached hydrogens (primary N) is 1. The van der Waals surface area contributed by atoms with Crippen molar-refractivity contribution in [2.24, 2.45) is 11.7 Å².